The average Bonchev–Trinajstić information content (AvgIpc) is 2.86. The van der Waals surface area contributed by atoms with Gasteiger partial charge in [-0.25, -0.2) is 0 Å². The van der Waals surface area contributed by atoms with Gasteiger partial charge in [-0.2, -0.15) is 0 Å². The van der Waals surface area contributed by atoms with Crippen molar-refractivity contribution < 1.29 is 19.1 Å². The number of aromatic nitrogens is 1. The zero-order valence-corrected chi connectivity index (χ0v) is 20.8. The molecule has 0 saturated heterocycles. The quantitative estimate of drug-likeness (QED) is 0.314. The van der Waals surface area contributed by atoms with E-state index in [-0.39, 0.29) is 11.8 Å². The highest BCUT2D eigenvalue weighted by Crippen LogP contribution is 2.37. The molecule has 0 fully saturated rings. The van der Waals surface area contributed by atoms with Gasteiger partial charge in [-0.15, -0.1) is 0 Å². The largest absolute Gasteiger partial charge is 0.492 e. The molecular weight excluding hydrogens is 454 g/mol. The number of fused-ring (bicyclic) bond motifs is 1. The molecule has 3 aromatic carbocycles. The standard InChI is InChI=1S/C29H29N3O4/c1-5-35-26-17-25(27(36-6-2)16-24(26)31-28(33)20-10-8-7-9-11-20)32-29(34)22-15-21-13-12-18(3)14-23(21)30-19(22)4/h7-17H,5-6H2,1-4H3,(H,31,33)(H,32,34). The van der Waals surface area contributed by atoms with Crippen LogP contribution in [0, 0.1) is 13.8 Å². The van der Waals surface area contributed by atoms with Crippen molar-refractivity contribution in [1.29, 1.82) is 0 Å². The molecule has 0 unspecified atom stereocenters. The van der Waals surface area contributed by atoms with Gasteiger partial charge in [0, 0.05) is 23.1 Å². The Kier molecular flexibility index (Phi) is 7.49. The van der Waals surface area contributed by atoms with Gasteiger partial charge >= 0.3 is 0 Å². The van der Waals surface area contributed by atoms with E-state index < -0.39 is 0 Å². The maximum atomic E-state index is 13.3. The van der Waals surface area contributed by atoms with Crippen LogP contribution in [0.2, 0.25) is 0 Å². The zero-order chi connectivity index (χ0) is 25.7. The molecule has 7 nitrogen and oxygen atoms in total. The second kappa shape index (κ2) is 10.9. The van der Waals surface area contributed by atoms with Gasteiger partial charge in [-0.05, 0) is 57.5 Å². The lowest BCUT2D eigenvalue weighted by molar-refractivity contribution is 0.101. The Hall–Kier alpha value is -4.39. The van der Waals surface area contributed by atoms with Crippen LogP contribution in [0.4, 0.5) is 11.4 Å². The first-order valence-corrected chi connectivity index (χ1v) is 11.9. The number of amides is 2. The number of nitrogens with zero attached hydrogens (tertiary/aromatic N) is 1. The summed E-state index contributed by atoms with van der Waals surface area (Å²) in [5.41, 5.74) is 4.45. The van der Waals surface area contributed by atoms with E-state index in [1.54, 1.807) is 36.4 Å². The molecule has 0 atom stereocenters. The van der Waals surface area contributed by atoms with E-state index in [0.29, 0.717) is 52.9 Å². The molecule has 2 N–H and O–H groups in total. The minimum absolute atomic E-state index is 0.274. The van der Waals surface area contributed by atoms with Crippen LogP contribution in [0.1, 0.15) is 45.8 Å². The normalized spacial score (nSPS) is 10.7. The number of anilines is 2. The van der Waals surface area contributed by atoms with Crippen molar-refractivity contribution in [2.75, 3.05) is 23.8 Å². The highest BCUT2D eigenvalue weighted by atomic mass is 16.5. The van der Waals surface area contributed by atoms with Gasteiger partial charge in [0.15, 0.2) is 0 Å². The third kappa shape index (κ3) is 5.46. The van der Waals surface area contributed by atoms with Crippen LogP contribution in [-0.4, -0.2) is 30.0 Å². The van der Waals surface area contributed by atoms with E-state index in [4.69, 9.17) is 9.47 Å². The molecule has 2 amide bonds. The predicted octanol–water partition coefficient (Wildman–Crippen LogP) is 6.15. The van der Waals surface area contributed by atoms with Crippen LogP contribution in [-0.2, 0) is 0 Å². The number of pyridine rings is 1. The summed E-state index contributed by atoms with van der Waals surface area (Å²) in [7, 11) is 0. The van der Waals surface area contributed by atoms with Gasteiger partial charge in [-0.1, -0.05) is 30.3 Å². The summed E-state index contributed by atoms with van der Waals surface area (Å²) in [4.78, 5) is 30.7. The Morgan fingerprint density at radius 1 is 0.778 bits per heavy atom. The Bertz CT molecular complexity index is 1420. The number of hydrogen-bond acceptors (Lipinski definition) is 5. The van der Waals surface area contributed by atoms with Crippen LogP contribution >= 0.6 is 0 Å². The minimum Gasteiger partial charge on any atom is -0.492 e. The molecule has 0 spiro atoms. The van der Waals surface area contributed by atoms with Crippen molar-refractivity contribution >= 4 is 34.1 Å². The lowest BCUT2D eigenvalue weighted by atomic mass is 10.1. The summed E-state index contributed by atoms with van der Waals surface area (Å²) in [6.07, 6.45) is 0. The number of benzene rings is 3. The Balaban J connectivity index is 1.67. The topological polar surface area (TPSA) is 89.6 Å². The maximum absolute atomic E-state index is 13.3. The highest BCUT2D eigenvalue weighted by Gasteiger charge is 2.19. The lowest BCUT2D eigenvalue weighted by Crippen LogP contribution is -2.17. The SMILES string of the molecule is CCOc1cc(NC(=O)c2cc3ccc(C)cc3nc2C)c(OCC)cc1NC(=O)c1ccccc1. The van der Waals surface area contributed by atoms with Gasteiger partial charge < -0.3 is 20.1 Å². The number of hydrogen-bond donors (Lipinski definition) is 2. The van der Waals surface area contributed by atoms with Crippen LogP contribution < -0.4 is 20.1 Å². The summed E-state index contributed by atoms with van der Waals surface area (Å²) in [6.45, 7) is 8.27. The van der Waals surface area contributed by atoms with Gasteiger partial charge in [0.05, 0.1) is 41.4 Å². The van der Waals surface area contributed by atoms with Crippen molar-refractivity contribution in [3.05, 3.63) is 89.1 Å². The maximum Gasteiger partial charge on any atom is 0.257 e. The number of aryl methyl sites for hydroxylation is 2. The zero-order valence-electron chi connectivity index (χ0n) is 20.8. The number of carbonyl (C=O) groups excluding carboxylic acids is 2. The minimum atomic E-state index is -0.313. The van der Waals surface area contributed by atoms with Crippen molar-refractivity contribution in [3.63, 3.8) is 0 Å². The summed E-state index contributed by atoms with van der Waals surface area (Å²) in [6, 6.07) is 20.0. The van der Waals surface area contributed by atoms with Gasteiger partial charge in [-0.3, -0.25) is 14.6 Å². The van der Waals surface area contributed by atoms with E-state index >= 15 is 0 Å². The van der Waals surface area contributed by atoms with E-state index in [2.05, 4.69) is 15.6 Å². The van der Waals surface area contributed by atoms with Crippen molar-refractivity contribution in [1.82, 2.24) is 4.98 Å². The molecule has 7 heteroatoms. The molecule has 1 heterocycles. The first-order valence-electron chi connectivity index (χ1n) is 11.9. The third-order valence-electron chi connectivity index (χ3n) is 5.62. The number of carbonyl (C=O) groups is 2. The number of rotatable bonds is 8. The molecule has 0 bridgehead atoms. The second-order valence-corrected chi connectivity index (χ2v) is 8.30. The fraction of sp³-hybridized carbons (Fsp3) is 0.207. The van der Waals surface area contributed by atoms with E-state index in [1.807, 2.05) is 58.0 Å². The first-order chi connectivity index (χ1) is 17.4. The molecular formula is C29H29N3O4. The van der Waals surface area contributed by atoms with Crippen LogP contribution in [0.25, 0.3) is 10.9 Å². The molecule has 0 saturated carbocycles. The number of ether oxygens (including phenoxy) is 2. The molecule has 4 rings (SSSR count). The van der Waals surface area contributed by atoms with Gasteiger partial charge in [0.1, 0.15) is 11.5 Å². The predicted molar refractivity (Wildman–Crippen MR) is 142 cm³/mol. The molecule has 0 aliphatic heterocycles. The first kappa shape index (κ1) is 24.7. The van der Waals surface area contributed by atoms with E-state index in [9.17, 15) is 9.59 Å². The highest BCUT2D eigenvalue weighted by molar-refractivity contribution is 6.09. The molecule has 0 aliphatic rings. The van der Waals surface area contributed by atoms with E-state index in [1.165, 1.54) is 0 Å². The molecule has 184 valence electrons. The Morgan fingerprint density at radius 2 is 1.39 bits per heavy atom. The summed E-state index contributed by atoms with van der Waals surface area (Å²) in [5, 5.41) is 6.72. The molecule has 36 heavy (non-hydrogen) atoms. The van der Waals surface area contributed by atoms with Crippen LogP contribution in [0.5, 0.6) is 11.5 Å². The van der Waals surface area contributed by atoms with Crippen LogP contribution in [0.3, 0.4) is 0 Å². The monoisotopic (exact) mass is 483 g/mol. The van der Waals surface area contributed by atoms with Crippen molar-refractivity contribution in [2.24, 2.45) is 0 Å². The van der Waals surface area contributed by atoms with E-state index in [0.717, 1.165) is 16.5 Å². The van der Waals surface area contributed by atoms with Crippen molar-refractivity contribution in [3.8, 4) is 11.5 Å². The molecule has 0 radical (unpaired) electrons. The fourth-order valence-corrected chi connectivity index (χ4v) is 3.88. The fourth-order valence-electron chi connectivity index (χ4n) is 3.88. The molecule has 0 aliphatic carbocycles. The molecule has 1 aromatic heterocycles. The average molecular weight is 484 g/mol. The third-order valence-corrected chi connectivity index (χ3v) is 5.62. The summed E-state index contributed by atoms with van der Waals surface area (Å²) in [5.74, 6) is 0.250. The summed E-state index contributed by atoms with van der Waals surface area (Å²) >= 11 is 0. The Morgan fingerprint density at radius 3 is 2.00 bits per heavy atom. The Labute approximate surface area is 210 Å². The molecule has 4 aromatic rings. The van der Waals surface area contributed by atoms with Gasteiger partial charge in [0.2, 0.25) is 0 Å². The number of nitrogens with one attached hydrogen (secondary N) is 2. The lowest BCUT2D eigenvalue weighted by Gasteiger charge is -2.18. The summed E-state index contributed by atoms with van der Waals surface area (Å²) < 4.78 is 11.6. The second-order valence-electron chi connectivity index (χ2n) is 8.30. The van der Waals surface area contributed by atoms with Crippen LogP contribution in [0.15, 0.2) is 66.7 Å². The van der Waals surface area contributed by atoms with Crippen molar-refractivity contribution in [2.45, 2.75) is 27.7 Å². The smallest absolute Gasteiger partial charge is 0.257 e. The van der Waals surface area contributed by atoms with Gasteiger partial charge in [0.25, 0.3) is 11.8 Å².